The van der Waals surface area contributed by atoms with Crippen LogP contribution in [-0.4, -0.2) is 18.7 Å². The smallest absolute Gasteiger partial charge is 0.356 e. The minimum Gasteiger partial charge on any atom is -0.485 e. The summed E-state index contributed by atoms with van der Waals surface area (Å²) in [4.78, 5) is 12.2. The molecule has 1 heterocycles. The van der Waals surface area contributed by atoms with Gasteiger partial charge in [0.25, 0.3) is 0 Å². The summed E-state index contributed by atoms with van der Waals surface area (Å²) < 4.78 is 16.6. The predicted octanol–water partition coefficient (Wildman–Crippen LogP) is 3.56. The van der Waals surface area contributed by atoms with Crippen LogP contribution in [0.15, 0.2) is 48.5 Å². The number of rotatable bonds is 3. The molecule has 0 bridgehead atoms. The van der Waals surface area contributed by atoms with Crippen LogP contribution in [0.2, 0.25) is 0 Å². The van der Waals surface area contributed by atoms with Gasteiger partial charge in [0, 0.05) is 0 Å². The zero-order valence-electron chi connectivity index (χ0n) is 12.6. The molecular formula is C18H18O4. The van der Waals surface area contributed by atoms with Crippen molar-refractivity contribution in [3.8, 4) is 17.2 Å². The van der Waals surface area contributed by atoms with Crippen molar-refractivity contribution in [2.24, 2.45) is 0 Å². The minimum absolute atomic E-state index is 0.152. The molecule has 0 fully saturated rings. The van der Waals surface area contributed by atoms with Crippen LogP contribution in [-0.2, 0) is 4.79 Å². The van der Waals surface area contributed by atoms with Gasteiger partial charge in [-0.1, -0.05) is 38.1 Å². The van der Waals surface area contributed by atoms with E-state index in [1.807, 2.05) is 36.4 Å². The molecule has 3 rings (SSSR count). The van der Waals surface area contributed by atoms with Crippen LogP contribution in [0.1, 0.15) is 25.3 Å². The molecule has 0 aliphatic carbocycles. The summed E-state index contributed by atoms with van der Waals surface area (Å²) in [7, 11) is 0. The molecular weight excluding hydrogens is 280 g/mol. The molecule has 0 radical (unpaired) electrons. The lowest BCUT2D eigenvalue weighted by atomic mass is 10.0. The van der Waals surface area contributed by atoms with E-state index in [4.69, 9.17) is 14.2 Å². The van der Waals surface area contributed by atoms with E-state index in [1.165, 1.54) is 0 Å². The summed E-state index contributed by atoms with van der Waals surface area (Å²) in [6.45, 7) is 4.34. The Kier molecular flexibility index (Phi) is 4.00. The molecule has 0 aromatic heterocycles. The first-order valence-corrected chi connectivity index (χ1v) is 7.33. The Labute approximate surface area is 129 Å². The second-order valence-corrected chi connectivity index (χ2v) is 5.51. The molecule has 0 saturated heterocycles. The maximum Gasteiger partial charge on any atom is 0.356 e. The summed E-state index contributed by atoms with van der Waals surface area (Å²) in [6.07, 6.45) is -0.752. The highest BCUT2D eigenvalue weighted by molar-refractivity contribution is 5.78. The second-order valence-electron chi connectivity index (χ2n) is 5.51. The molecule has 2 aromatic rings. The van der Waals surface area contributed by atoms with Crippen molar-refractivity contribution >= 4 is 5.97 Å². The Bertz CT molecular complexity index is 678. The SMILES string of the molecule is CC(C)c1cccc(OC(=O)[C@@H]2COc3ccccc3O2)c1. The lowest BCUT2D eigenvalue weighted by Gasteiger charge is -2.24. The summed E-state index contributed by atoms with van der Waals surface area (Å²) in [5, 5.41) is 0. The van der Waals surface area contributed by atoms with E-state index < -0.39 is 12.1 Å². The Hall–Kier alpha value is -2.49. The fourth-order valence-electron chi connectivity index (χ4n) is 2.25. The first-order valence-electron chi connectivity index (χ1n) is 7.33. The number of esters is 1. The minimum atomic E-state index is -0.752. The van der Waals surface area contributed by atoms with Gasteiger partial charge >= 0.3 is 5.97 Å². The van der Waals surface area contributed by atoms with E-state index >= 15 is 0 Å². The highest BCUT2D eigenvalue weighted by Gasteiger charge is 2.29. The summed E-state index contributed by atoms with van der Waals surface area (Å²) >= 11 is 0. The van der Waals surface area contributed by atoms with Gasteiger partial charge in [-0.3, -0.25) is 0 Å². The number of para-hydroxylation sites is 2. The van der Waals surface area contributed by atoms with Gasteiger partial charge in [0.2, 0.25) is 6.10 Å². The first-order chi connectivity index (χ1) is 10.6. The van der Waals surface area contributed by atoms with E-state index in [0.29, 0.717) is 23.2 Å². The van der Waals surface area contributed by atoms with Gasteiger partial charge in [-0.15, -0.1) is 0 Å². The van der Waals surface area contributed by atoms with Crippen LogP contribution in [0, 0.1) is 0 Å². The van der Waals surface area contributed by atoms with Crippen molar-refractivity contribution in [1.82, 2.24) is 0 Å². The van der Waals surface area contributed by atoms with E-state index in [2.05, 4.69) is 13.8 Å². The van der Waals surface area contributed by atoms with Gasteiger partial charge in [0.15, 0.2) is 11.5 Å². The zero-order chi connectivity index (χ0) is 15.5. The molecule has 0 amide bonds. The molecule has 114 valence electrons. The number of benzene rings is 2. The van der Waals surface area contributed by atoms with Gasteiger partial charge in [0.05, 0.1) is 0 Å². The molecule has 4 nitrogen and oxygen atoms in total. The number of ether oxygens (including phenoxy) is 3. The van der Waals surface area contributed by atoms with E-state index in [9.17, 15) is 4.79 Å². The Morgan fingerprint density at radius 3 is 2.68 bits per heavy atom. The molecule has 4 heteroatoms. The molecule has 1 aliphatic rings. The van der Waals surface area contributed by atoms with Crippen LogP contribution < -0.4 is 14.2 Å². The Balaban J connectivity index is 1.69. The van der Waals surface area contributed by atoms with Crippen molar-refractivity contribution in [2.75, 3.05) is 6.61 Å². The maximum absolute atomic E-state index is 12.2. The maximum atomic E-state index is 12.2. The fraction of sp³-hybridized carbons (Fsp3) is 0.278. The van der Waals surface area contributed by atoms with Gasteiger partial charge in [-0.2, -0.15) is 0 Å². The Morgan fingerprint density at radius 2 is 1.91 bits per heavy atom. The monoisotopic (exact) mass is 298 g/mol. The number of fused-ring (bicyclic) bond motifs is 1. The van der Waals surface area contributed by atoms with Crippen molar-refractivity contribution in [3.63, 3.8) is 0 Å². The molecule has 22 heavy (non-hydrogen) atoms. The van der Waals surface area contributed by atoms with E-state index in [0.717, 1.165) is 5.56 Å². The topological polar surface area (TPSA) is 44.8 Å². The van der Waals surface area contributed by atoms with Crippen LogP contribution >= 0.6 is 0 Å². The van der Waals surface area contributed by atoms with Crippen LogP contribution in [0.25, 0.3) is 0 Å². The quantitative estimate of drug-likeness (QED) is 0.642. The number of hydrogen-bond donors (Lipinski definition) is 0. The molecule has 1 atom stereocenters. The number of carbonyl (C=O) groups excluding carboxylic acids is 1. The van der Waals surface area contributed by atoms with E-state index in [1.54, 1.807) is 12.1 Å². The molecule has 0 N–H and O–H groups in total. The average Bonchev–Trinajstić information content (AvgIpc) is 2.54. The third-order valence-electron chi connectivity index (χ3n) is 3.51. The third kappa shape index (κ3) is 3.06. The lowest BCUT2D eigenvalue weighted by Crippen LogP contribution is -2.39. The van der Waals surface area contributed by atoms with Gasteiger partial charge in [-0.05, 0) is 35.7 Å². The first kappa shape index (κ1) is 14.4. The number of carbonyl (C=O) groups is 1. The standard InChI is InChI=1S/C18H18O4/c1-12(2)13-6-5-7-14(10-13)21-18(19)17-11-20-15-8-3-4-9-16(15)22-17/h3-10,12,17H,11H2,1-2H3/t17-/m0/s1. The summed E-state index contributed by atoms with van der Waals surface area (Å²) in [5.41, 5.74) is 1.12. The van der Waals surface area contributed by atoms with Gasteiger partial charge in [-0.25, -0.2) is 4.79 Å². The molecule has 0 saturated carbocycles. The average molecular weight is 298 g/mol. The molecule has 1 aliphatic heterocycles. The van der Waals surface area contributed by atoms with Gasteiger partial charge < -0.3 is 14.2 Å². The van der Waals surface area contributed by atoms with Crippen molar-refractivity contribution in [3.05, 3.63) is 54.1 Å². The van der Waals surface area contributed by atoms with Gasteiger partial charge in [0.1, 0.15) is 12.4 Å². The van der Waals surface area contributed by atoms with Crippen LogP contribution in [0.3, 0.4) is 0 Å². The highest BCUT2D eigenvalue weighted by Crippen LogP contribution is 2.31. The van der Waals surface area contributed by atoms with E-state index in [-0.39, 0.29) is 6.61 Å². The van der Waals surface area contributed by atoms with Crippen molar-refractivity contribution in [1.29, 1.82) is 0 Å². The zero-order valence-corrected chi connectivity index (χ0v) is 12.6. The second kappa shape index (κ2) is 6.10. The van der Waals surface area contributed by atoms with Crippen molar-refractivity contribution in [2.45, 2.75) is 25.9 Å². The van der Waals surface area contributed by atoms with Crippen LogP contribution in [0.4, 0.5) is 0 Å². The molecule has 0 spiro atoms. The van der Waals surface area contributed by atoms with Crippen LogP contribution in [0.5, 0.6) is 17.2 Å². The third-order valence-corrected chi connectivity index (χ3v) is 3.51. The molecule has 0 unspecified atom stereocenters. The Morgan fingerprint density at radius 1 is 1.14 bits per heavy atom. The fourth-order valence-corrected chi connectivity index (χ4v) is 2.25. The largest absolute Gasteiger partial charge is 0.485 e. The van der Waals surface area contributed by atoms with Crippen molar-refractivity contribution < 1.29 is 19.0 Å². The molecule has 2 aromatic carbocycles. The summed E-state index contributed by atoms with van der Waals surface area (Å²) in [6, 6.07) is 14.8. The summed E-state index contributed by atoms with van der Waals surface area (Å²) in [5.74, 6) is 1.66. The lowest BCUT2D eigenvalue weighted by molar-refractivity contribution is -0.144. The predicted molar refractivity (Wildman–Crippen MR) is 82.5 cm³/mol. The number of hydrogen-bond acceptors (Lipinski definition) is 4. The normalized spacial score (nSPS) is 16.4. The highest BCUT2D eigenvalue weighted by atomic mass is 16.6.